The van der Waals surface area contributed by atoms with E-state index in [1.165, 1.54) is 5.56 Å². The second kappa shape index (κ2) is 7.83. The molecule has 0 spiro atoms. The average Bonchev–Trinajstić information content (AvgIpc) is 3.14. The SMILES string of the molecule is O=C(/C=C/c1ccccc1)/C(=N/N1CCc2ccccc21)c1ccccc1. The van der Waals surface area contributed by atoms with Gasteiger partial charge in [0.2, 0.25) is 5.78 Å². The van der Waals surface area contributed by atoms with E-state index in [9.17, 15) is 4.79 Å². The molecule has 0 aliphatic carbocycles. The molecule has 0 fully saturated rings. The lowest BCUT2D eigenvalue weighted by atomic mass is 10.1. The van der Waals surface area contributed by atoms with Crippen molar-refractivity contribution in [3.05, 3.63) is 108 Å². The van der Waals surface area contributed by atoms with Gasteiger partial charge >= 0.3 is 0 Å². The van der Waals surface area contributed by atoms with Gasteiger partial charge in [0.1, 0.15) is 5.71 Å². The smallest absolute Gasteiger partial charge is 0.206 e. The molecule has 0 bridgehead atoms. The number of fused-ring (bicyclic) bond motifs is 1. The summed E-state index contributed by atoms with van der Waals surface area (Å²) < 4.78 is 0. The van der Waals surface area contributed by atoms with Crippen molar-refractivity contribution < 1.29 is 4.79 Å². The lowest BCUT2D eigenvalue weighted by molar-refractivity contribution is -0.108. The maximum Gasteiger partial charge on any atom is 0.206 e. The van der Waals surface area contributed by atoms with Crippen molar-refractivity contribution in [2.24, 2.45) is 5.10 Å². The van der Waals surface area contributed by atoms with E-state index in [0.29, 0.717) is 5.71 Å². The number of nitrogens with zero attached hydrogens (tertiary/aromatic N) is 2. The molecule has 3 nitrogen and oxygen atoms in total. The standard InChI is InChI=1S/C24H20N2O/c27-23(16-15-19-9-3-1-4-10-19)24(21-12-5-2-6-13-21)25-26-18-17-20-11-7-8-14-22(20)26/h1-16H,17-18H2/b16-15+,25-24+. The second-order valence-corrected chi connectivity index (χ2v) is 6.42. The summed E-state index contributed by atoms with van der Waals surface area (Å²) in [6, 6.07) is 27.7. The van der Waals surface area contributed by atoms with E-state index in [0.717, 1.165) is 29.8 Å². The molecule has 0 saturated carbocycles. The van der Waals surface area contributed by atoms with E-state index in [1.807, 2.05) is 83.9 Å². The van der Waals surface area contributed by atoms with E-state index >= 15 is 0 Å². The predicted molar refractivity (Wildman–Crippen MR) is 111 cm³/mol. The topological polar surface area (TPSA) is 32.7 Å². The summed E-state index contributed by atoms with van der Waals surface area (Å²) in [7, 11) is 0. The van der Waals surface area contributed by atoms with Gasteiger partial charge in [0.05, 0.1) is 5.69 Å². The van der Waals surface area contributed by atoms with E-state index in [1.54, 1.807) is 6.08 Å². The van der Waals surface area contributed by atoms with E-state index in [4.69, 9.17) is 5.10 Å². The van der Waals surface area contributed by atoms with E-state index in [2.05, 4.69) is 12.1 Å². The molecule has 0 unspecified atom stereocenters. The van der Waals surface area contributed by atoms with Gasteiger partial charge in [-0.2, -0.15) is 5.10 Å². The normalized spacial score (nSPS) is 13.8. The van der Waals surface area contributed by atoms with Crippen LogP contribution in [0, 0.1) is 0 Å². The maximum absolute atomic E-state index is 13.0. The van der Waals surface area contributed by atoms with Crippen LogP contribution in [-0.4, -0.2) is 18.0 Å². The minimum Gasteiger partial charge on any atom is -0.287 e. The fourth-order valence-electron chi connectivity index (χ4n) is 3.21. The van der Waals surface area contributed by atoms with Crippen molar-refractivity contribution in [1.82, 2.24) is 0 Å². The summed E-state index contributed by atoms with van der Waals surface area (Å²) in [5, 5.41) is 6.68. The molecule has 3 aromatic carbocycles. The fraction of sp³-hybridized carbons (Fsp3) is 0.0833. The number of hydrazone groups is 1. The Bertz CT molecular complexity index is 991. The van der Waals surface area contributed by atoms with Crippen molar-refractivity contribution in [3.8, 4) is 0 Å². The molecule has 27 heavy (non-hydrogen) atoms. The van der Waals surface area contributed by atoms with Gasteiger partial charge in [-0.1, -0.05) is 84.9 Å². The Hall–Kier alpha value is -3.46. The number of hydrogen-bond acceptors (Lipinski definition) is 3. The molecule has 0 radical (unpaired) electrons. The van der Waals surface area contributed by atoms with Crippen LogP contribution in [0.1, 0.15) is 16.7 Å². The van der Waals surface area contributed by atoms with Gasteiger partial charge in [-0.15, -0.1) is 0 Å². The summed E-state index contributed by atoms with van der Waals surface area (Å²) in [6.45, 7) is 0.783. The molecule has 0 amide bonds. The van der Waals surface area contributed by atoms with Gasteiger partial charge in [-0.25, -0.2) is 0 Å². The Morgan fingerprint density at radius 3 is 2.30 bits per heavy atom. The molecule has 1 aliphatic rings. The average molecular weight is 352 g/mol. The second-order valence-electron chi connectivity index (χ2n) is 6.42. The largest absolute Gasteiger partial charge is 0.287 e. The van der Waals surface area contributed by atoms with E-state index in [-0.39, 0.29) is 5.78 Å². The lowest BCUT2D eigenvalue weighted by Gasteiger charge is -2.15. The van der Waals surface area contributed by atoms with Crippen LogP contribution in [-0.2, 0) is 11.2 Å². The predicted octanol–water partition coefficient (Wildman–Crippen LogP) is 4.74. The molecular formula is C24H20N2O. The summed E-state index contributed by atoms with van der Waals surface area (Å²) in [5.74, 6) is -0.102. The number of carbonyl (C=O) groups excluding carboxylic acids is 1. The molecule has 1 aliphatic heterocycles. The number of benzene rings is 3. The van der Waals surface area contributed by atoms with Crippen molar-refractivity contribution in [3.63, 3.8) is 0 Å². The van der Waals surface area contributed by atoms with Crippen LogP contribution in [0.15, 0.2) is 96.1 Å². The minimum absolute atomic E-state index is 0.102. The van der Waals surface area contributed by atoms with E-state index < -0.39 is 0 Å². The summed E-state index contributed by atoms with van der Waals surface area (Å²) in [6.07, 6.45) is 4.37. The third-order valence-electron chi connectivity index (χ3n) is 4.59. The highest BCUT2D eigenvalue weighted by Crippen LogP contribution is 2.28. The molecule has 3 heteroatoms. The Balaban J connectivity index is 1.68. The van der Waals surface area contributed by atoms with Crippen LogP contribution in [0.4, 0.5) is 5.69 Å². The highest BCUT2D eigenvalue weighted by Gasteiger charge is 2.20. The van der Waals surface area contributed by atoms with Crippen LogP contribution < -0.4 is 5.01 Å². The molecule has 0 atom stereocenters. The monoisotopic (exact) mass is 352 g/mol. The first-order valence-electron chi connectivity index (χ1n) is 9.08. The summed E-state index contributed by atoms with van der Waals surface area (Å²) in [5.41, 5.74) is 4.61. The van der Waals surface area contributed by atoms with Crippen molar-refractivity contribution in [2.45, 2.75) is 6.42 Å². The molecule has 4 rings (SSSR count). The third kappa shape index (κ3) is 3.87. The number of anilines is 1. The highest BCUT2D eigenvalue weighted by molar-refractivity contribution is 6.50. The zero-order valence-electron chi connectivity index (χ0n) is 15.0. The molecule has 0 N–H and O–H groups in total. The summed E-state index contributed by atoms with van der Waals surface area (Å²) in [4.78, 5) is 13.0. The fourth-order valence-corrected chi connectivity index (χ4v) is 3.21. The molecule has 132 valence electrons. The number of allylic oxidation sites excluding steroid dienone is 1. The van der Waals surface area contributed by atoms with Gasteiger partial charge in [0, 0.05) is 12.1 Å². The number of ketones is 1. The van der Waals surface area contributed by atoms with Crippen molar-refractivity contribution >= 4 is 23.3 Å². The summed E-state index contributed by atoms with van der Waals surface area (Å²) >= 11 is 0. The van der Waals surface area contributed by atoms with Crippen LogP contribution >= 0.6 is 0 Å². The van der Waals surface area contributed by atoms with Crippen LogP contribution in [0.2, 0.25) is 0 Å². The van der Waals surface area contributed by atoms with Gasteiger partial charge in [-0.05, 0) is 29.7 Å². The Kier molecular flexibility index (Phi) is 4.93. The first kappa shape index (κ1) is 17.0. The first-order valence-corrected chi connectivity index (χ1v) is 9.08. The number of para-hydroxylation sites is 1. The van der Waals surface area contributed by atoms with Gasteiger partial charge in [0.15, 0.2) is 0 Å². The molecule has 0 saturated heterocycles. The van der Waals surface area contributed by atoms with Crippen molar-refractivity contribution in [2.75, 3.05) is 11.6 Å². The van der Waals surface area contributed by atoms with Crippen LogP contribution in [0.25, 0.3) is 6.08 Å². The quantitative estimate of drug-likeness (QED) is 0.491. The third-order valence-corrected chi connectivity index (χ3v) is 4.59. The zero-order chi connectivity index (χ0) is 18.5. The Labute approximate surface area is 159 Å². The highest BCUT2D eigenvalue weighted by atomic mass is 16.1. The van der Waals surface area contributed by atoms with Gasteiger partial charge in [-0.3, -0.25) is 9.80 Å². The zero-order valence-corrected chi connectivity index (χ0v) is 15.0. The number of carbonyl (C=O) groups is 1. The van der Waals surface area contributed by atoms with Crippen LogP contribution in [0.3, 0.4) is 0 Å². The van der Waals surface area contributed by atoms with Crippen molar-refractivity contribution in [1.29, 1.82) is 0 Å². The van der Waals surface area contributed by atoms with Gasteiger partial charge < -0.3 is 0 Å². The molecule has 1 heterocycles. The minimum atomic E-state index is -0.102. The molecule has 0 aromatic heterocycles. The molecular weight excluding hydrogens is 332 g/mol. The Morgan fingerprint density at radius 1 is 0.852 bits per heavy atom. The van der Waals surface area contributed by atoms with Gasteiger partial charge in [0.25, 0.3) is 0 Å². The Morgan fingerprint density at radius 2 is 1.52 bits per heavy atom. The lowest BCUT2D eigenvalue weighted by Crippen LogP contribution is -2.21. The van der Waals surface area contributed by atoms with Crippen LogP contribution in [0.5, 0.6) is 0 Å². The first-order chi connectivity index (χ1) is 13.3. The molecule has 3 aromatic rings. The number of hydrogen-bond donors (Lipinski definition) is 0. The number of rotatable bonds is 5. The maximum atomic E-state index is 13.0.